The normalized spacial score (nSPS) is 10.8. The molecule has 0 bridgehead atoms. The summed E-state index contributed by atoms with van der Waals surface area (Å²) in [5.74, 6) is 0. The molecule has 0 aliphatic carbocycles. The Kier molecular flexibility index (Phi) is 4.88. The molecule has 25 heavy (non-hydrogen) atoms. The van der Waals surface area contributed by atoms with Gasteiger partial charge in [-0.25, -0.2) is 9.97 Å². The van der Waals surface area contributed by atoms with E-state index in [1.165, 1.54) is 23.9 Å². The molecule has 126 valence electrons. The van der Waals surface area contributed by atoms with E-state index in [4.69, 9.17) is 16.9 Å². The van der Waals surface area contributed by atoms with Gasteiger partial charge in [0.2, 0.25) is 5.69 Å². The molecule has 2 heterocycles. The van der Waals surface area contributed by atoms with E-state index in [0.717, 1.165) is 24.0 Å². The SMILES string of the molecule is CCCn1c(Sc2ccc([N+](=O)[O-])c(C#N)n2)nc2cc(Cl)ccc21. The van der Waals surface area contributed by atoms with Gasteiger partial charge in [0.15, 0.2) is 5.16 Å². The van der Waals surface area contributed by atoms with Crippen LogP contribution < -0.4 is 0 Å². The third-order valence-corrected chi connectivity index (χ3v) is 4.64. The second-order valence-electron chi connectivity index (χ2n) is 5.17. The lowest BCUT2D eigenvalue weighted by atomic mass is 10.3. The molecule has 0 aliphatic rings. The average molecular weight is 374 g/mol. The minimum atomic E-state index is -0.617. The second kappa shape index (κ2) is 7.09. The van der Waals surface area contributed by atoms with Gasteiger partial charge in [0.1, 0.15) is 11.1 Å². The van der Waals surface area contributed by atoms with Crippen molar-refractivity contribution in [2.45, 2.75) is 30.1 Å². The average Bonchev–Trinajstić information content (AvgIpc) is 2.91. The monoisotopic (exact) mass is 373 g/mol. The number of fused-ring (bicyclic) bond motifs is 1. The first-order valence-electron chi connectivity index (χ1n) is 7.42. The summed E-state index contributed by atoms with van der Waals surface area (Å²) in [6.07, 6.45) is 0.915. The van der Waals surface area contributed by atoms with Crippen molar-refractivity contribution in [1.82, 2.24) is 14.5 Å². The van der Waals surface area contributed by atoms with Gasteiger partial charge in [0.05, 0.1) is 16.0 Å². The first-order valence-corrected chi connectivity index (χ1v) is 8.62. The van der Waals surface area contributed by atoms with Gasteiger partial charge in [-0.15, -0.1) is 0 Å². The van der Waals surface area contributed by atoms with E-state index >= 15 is 0 Å². The number of hydrogen-bond acceptors (Lipinski definition) is 6. The number of rotatable bonds is 5. The van der Waals surface area contributed by atoms with Crippen molar-refractivity contribution in [2.75, 3.05) is 0 Å². The fourth-order valence-corrected chi connectivity index (χ4v) is 3.48. The molecule has 0 radical (unpaired) electrons. The number of aryl methyl sites for hydroxylation is 1. The molecule has 0 unspecified atom stereocenters. The smallest absolute Gasteiger partial charge is 0.305 e. The van der Waals surface area contributed by atoms with Crippen LogP contribution in [0, 0.1) is 21.4 Å². The molecule has 7 nitrogen and oxygen atoms in total. The highest BCUT2D eigenvalue weighted by molar-refractivity contribution is 7.99. The van der Waals surface area contributed by atoms with E-state index in [-0.39, 0.29) is 11.4 Å². The highest BCUT2D eigenvalue weighted by Gasteiger charge is 2.18. The zero-order valence-corrected chi connectivity index (χ0v) is 14.7. The molecule has 3 aromatic rings. The molecular weight excluding hydrogens is 362 g/mol. The zero-order chi connectivity index (χ0) is 18.0. The largest absolute Gasteiger partial charge is 0.319 e. The molecule has 0 amide bonds. The molecular formula is C16H12ClN5O2S. The standard InChI is InChI=1S/C16H12ClN5O2S/c1-2-7-21-13-4-3-10(17)8-11(13)20-16(21)25-15-6-5-14(22(23)24)12(9-18)19-15/h3-6,8H,2,7H2,1H3. The van der Waals surface area contributed by atoms with E-state index in [2.05, 4.69) is 16.9 Å². The topological polar surface area (TPSA) is 97.6 Å². The van der Waals surface area contributed by atoms with E-state index in [0.29, 0.717) is 15.2 Å². The Morgan fingerprint density at radius 3 is 2.84 bits per heavy atom. The van der Waals surface area contributed by atoms with E-state index in [1.54, 1.807) is 12.1 Å². The Hall–Kier alpha value is -2.63. The summed E-state index contributed by atoms with van der Waals surface area (Å²) in [4.78, 5) is 19.0. The Labute approximate surface area is 152 Å². The molecule has 0 fully saturated rings. The predicted octanol–water partition coefficient (Wildman–Crippen LogP) is 4.43. The number of imidazole rings is 1. The van der Waals surface area contributed by atoms with Crippen LogP contribution in [0.25, 0.3) is 11.0 Å². The van der Waals surface area contributed by atoms with Crippen LogP contribution in [-0.4, -0.2) is 19.5 Å². The zero-order valence-electron chi connectivity index (χ0n) is 13.1. The number of pyridine rings is 1. The summed E-state index contributed by atoms with van der Waals surface area (Å²) in [5, 5.41) is 21.8. The maximum atomic E-state index is 10.9. The lowest BCUT2D eigenvalue weighted by molar-refractivity contribution is -0.385. The quantitative estimate of drug-likeness (QED) is 0.484. The number of hydrogen-bond donors (Lipinski definition) is 0. The molecule has 0 atom stereocenters. The first kappa shape index (κ1) is 17.2. The summed E-state index contributed by atoms with van der Waals surface area (Å²) in [6.45, 7) is 2.83. The van der Waals surface area contributed by atoms with Crippen LogP contribution in [-0.2, 0) is 6.54 Å². The Morgan fingerprint density at radius 2 is 2.16 bits per heavy atom. The number of nitriles is 1. The fraction of sp³-hybridized carbons (Fsp3) is 0.188. The van der Waals surface area contributed by atoms with Crippen molar-refractivity contribution in [3.8, 4) is 6.07 Å². The summed E-state index contributed by atoms with van der Waals surface area (Å²) >= 11 is 7.30. The van der Waals surface area contributed by atoms with Crippen molar-refractivity contribution in [1.29, 1.82) is 5.26 Å². The maximum absolute atomic E-state index is 10.9. The number of benzene rings is 1. The Balaban J connectivity index is 2.04. The van der Waals surface area contributed by atoms with E-state index in [1.807, 2.05) is 16.7 Å². The highest BCUT2D eigenvalue weighted by Crippen LogP contribution is 2.31. The number of aromatic nitrogens is 3. The van der Waals surface area contributed by atoms with Crippen LogP contribution in [0.3, 0.4) is 0 Å². The van der Waals surface area contributed by atoms with Gasteiger partial charge in [0, 0.05) is 17.6 Å². The summed E-state index contributed by atoms with van der Waals surface area (Å²) < 4.78 is 2.05. The van der Waals surface area contributed by atoms with Crippen LogP contribution in [0.4, 0.5) is 5.69 Å². The number of halogens is 1. The molecule has 0 aliphatic heterocycles. The lowest BCUT2D eigenvalue weighted by Crippen LogP contribution is -2.00. The van der Waals surface area contributed by atoms with Crippen molar-refractivity contribution >= 4 is 40.1 Å². The van der Waals surface area contributed by atoms with Gasteiger partial charge in [0.25, 0.3) is 0 Å². The molecule has 0 spiro atoms. The van der Waals surface area contributed by atoms with Crippen molar-refractivity contribution in [3.63, 3.8) is 0 Å². The van der Waals surface area contributed by atoms with Gasteiger partial charge in [-0.05, 0) is 42.4 Å². The molecule has 3 rings (SSSR count). The molecule has 1 aromatic carbocycles. The van der Waals surface area contributed by atoms with Gasteiger partial charge in [-0.2, -0.15) is 5.26 Å². The molecule has 0 saturated carbocycles. The van der Waals surface area contributed by atoms with Gasteiger partial charge in [-0.1, -0.05) is 18.5 Å². The lowest BCUT2D eigenvalue weighted by Gasteiger charge is -2.07. The third kappa shape index (κ3) is 3.43. The van der Waals surface area contributed by atoms with Gasteiger partial charge >= 0.3 is 5.69 Å². The van der Waals surface area contributed by atoms with Crippen LogP contribution in [0.5, 0.6) is 0 Å². The minimum absolute atomic E-state index is 0.212. The predicted molar refractivity (Wildman–Crippen MR) is 94.8 cm³/mol. The summed E-state index contributed by atoms with van der Waals surface area (Å²) in [5.41, 5.74) is 1.21. The summed E-state index contributed by atoms with van der Waals surface area (Å²) in [6, 6.07) is 10.1. The molecule has 0 saturated heterocycles. The van der Waals surface area contributed by atoms with Gasteiger partial charge in [-0.3, -0.25) is 10.1 Å². The van der Waals surface area contributed by atoms with E-state index in [9.17, 15) is 10.1 Å². The Morgan fingerprint density at radius 1 is 1.36 bits per heavy atom. The van der Waals surface area contributed by atoms with Crippen molar-refractivity contribution in [3.05, 3.63) is 51.2 Å². The van der Waals surface area contributed by atoms with Crippen LogP contribution in [0.15, 0.2) is 40.5 Å². The van der Waals surface area contributed by atoms with Crippen molar-refractivity contribution in [2.24, 2.45) is 0 Å². The van der Waals surface area contributed by atoms with Gasteiger partial charge < -0.3 is 4.57 Å². The minimum Gasteiger partial charge on any atom is -0.319 e. The van der Waals surface area contributed by atoms with Crippen LogP contribution in [0.2, 0.25) is 5.02 Å². The summed E-state index contributed by atoms with van der Waals surface area (Å²) in [7, 11) is 0. The fourth-order valence-electron chi connectivity index (χ4n) is 2.41. The van der Waals surface area contributed by atoms with Crippen LogP contribution >= 0.6 is 23.4 Å². The molecule has 0 N–H and O–H groups in total. The van der Waals surface area contributed by atoms with E-state index < -0.39 is 4.92 Å². The number of nitro groups is 1. The maximum Gasteiger partial charge on any atom is 0.305 e. The molecule has 9 heteroatoms. The number of nitrogens with zero attached hydrogens (tertiary/aromatic N) is 5. The Bertz CT molecular complexity index is 1010. The second-order valence-corrected chi connectivity index (χ2v) is 6.59. The third-order valence-electron chi connectivity index (χ3n) is 3.47. The van der Waals surface area contributed by atoms with Crippen molar-refractivity contribution < 1.29 is 4.92 Å². The first-order chi connectivity index (χ1) is 12.0. The van der Waals surface area contributed by atoms with Crippen LogP contribution in [0.1, 0.15) is 19.0 Å². The molecule has 2 aromatic heterocycles. The highest BCUT2D eigenvalue weighted by atomic mass is 35.5.